The Kier molecular flexibility index (Phi) is 5.40. The van der Waals surface area contributed by atoms with Crippen molar-refractivity contribution >= 4 is 28.9 Å². The summed E-state index contributed by atoms with van der Waals surface area (Å²) in [7, 11) is 1.88. The maximum absolute atomic E-state index is 11.3. The van der Waals surface area contributed by atoms with E-state index in [-0.39, 0.29) is 11.4 Å². The largest absolute Gasteiger partial charge is 0.424 e. The Morgan fingerprint density at radius 3 is 2.17 bits per heavy atom. The van der Waals surface area contributed by atoms with E-state index in [1.165, 1.54) is 12.5 Å². The summed E-state index contributed by atoms with van der Waals surface area (Å²) in [6.45, 7) is 7.94. The fourth-order valence-corrected chi connectivity index (χ4v) is 2.63. The number of carbonyl (C=O) groups excluding carboxylic acids is 1. The molecule has 0 unspecified atom stereocenters. The fraction of sp³-hybridized carbons (Fsp3) is 0.300. The number of hydrogen-bond donors (Lipinski definition) is 0. The van der Waals surface area contributed by atoms with E-state index in [0.717, 1.165) is 11.3 Å². The van der Waals surface area contributed by atoms with Crippen molar-refractivity contribution in [1.82, 2.24) is 0 Å². The number of anilines is 1. The lowest BCUT2D eigenvalue weighted by molar-refractivity contribution is -0.131. The van der Waals surface area contributed by atoms with Gasteiger partial charge in [0, 0.05) is 19.5 Å². The molecule has 4 heteroatoms. The van der Waals surface area contributed by atoms with Gasteiger partial charge in [0.15, 0.2) is 5.75 Å². The molecule has 0 atom stereocenters. The minimum atomic E-state index is -0.351. The third kappa shape index (κ3) is 4.20. The second-order valence-corrected chi connectivity index (χ2v) is 7.14. The highest BCUT2D eigenvalue weighted by Gasteiger charge is 2.17. The normalized spacial score (nSPS) is 11.0. The standard InChI is InChI=1S/C20H23NO2S/c1-14(22)23-18-9-7-6-8-17(18)21(5)19(24)15-10-12-16(13-11-15)20(2,3)4/h6-13H,1-5H3. The van der Waals surface area contributed by atoms with Crippen LogP contribution in [-0.4, -0.2) is 18.0 Å². The van der Waals surface area contributed by atoms with Crippen LogP contribution in [0.4, 0.5) is 5.69 Å². The molecule has 0 N–H and O–H groups in total. The summed E-state index contributed by atoms with van der Waals surface area (Å²) in [6, 6.07) is 15.6. The van der Waals surface area contributed by atoms with Gasteiger partial charge in [-0.2, -0.15) is 0 Å². The average molecular weight is 341 g/mol. The SMILES string of the molecule is CC(=O)Oc1ccccc1N(C)C(=S)c1ccc(C(C)(C)C)cc1. The summed E-state index contributed by atoms with van der Waals surface area (Å²) < 4.78 is 5.28. The lowest BCUT2D eigenvalue weighted by atomic mass is 9.87. The summed E-state index contributed by atoms with van der Waals surface area (Å²) in [4.78, 5) is 13.8. The molecule has 126 valence electrons. The number of benzene rings is 2. The molecule has 0 saturated carbocycles. The number of ether oxygens (including phenoxy) is 1. The topological polar surface area (TPSA) is 29.5 Å². The molecule has 0 saturated heterocycles. The lowest BCUT2D eigenvalue weighted by Crippen LogP contribution is -2.26. The summed E-state index contributed by atoms with van der Waals surface area (Å²) in [6.07, 6.45) is 0. The molecule has 0 bridgehead atoms. The minimum Gasteiger partial charge on any atom is -0.424 e. The van der Waals surface area contributed by atoms with Crippen LogP contribution in [0.1, 0.15) is 38.8 Å². The molecule has 0 heterocycles. The van der Waals surface area contributed by atoms with Crippen LogP contribution >= 0.6 is 12.2 Å². The number of thiocarbonyl (C=S) groups is 1. The van der Waals surface area contributed by atoms with Crippen molar-refractivity contribution in [2.45, 2.75) is 33.1 Å². The van der Waals surface area contributed by atoms with Gasteiger partial charge in [-0.15, -0.1) is 0 Å². The van der Waals surface area contributed by atoms with E-state index in [2.05, 4.69) is 32.9 Å². The van der Waals surface area contributed by atoms with E-state index in [0.29, 0.717) is 10.7 Å². The van der Waals surface area contributed by atoms with E-state index in [9.17, 15) is 4.79 Å². The van der Waals surface area contributed by atoms with Gasteiger partial charge in [0.25, 0.3) is 0 Å². The van der Waals surface area contributed by atoms with Gasteiger partial charge in [-0.25, -0.2) is 0 Å². The zero-order valence-electron chi connectivity index (χ0n) is 14.8. The van der Waals surface area contributed by atoms with Crippen molar-refractivity contribution in [3.8, 4) is 5.75 Å². The second kappa shape index (κ2) is 7.14. The minimum absolute atomic E-state index is 0.105. The van der Waals surface area contributed by atoms with Crippen LogP contribution in [0, 0.1) is 0 Å². The quantitative estimate of drug-likeness (QED) is 0.459. The number of nitrogens with zero attached hydrogens (tertiary/aromatic N) is 1. The molecular formula is C20H23NO2S. The van der Waals surface area contributed by atoms with Crippen molar-refractivity contribution in [1.29, 1.82) is 0 Å². The van der Waals surface area contributed by atoms with Crippen LogP contribution < -0.4 is 9.64 Å². The molecule has 2 aromatic carbocycles. The predicted molar refractivity (Wildman–Crippen MR) is 103 cm³/mol. The van der Waals surface area contributed by atoms with Gasteiger partial charge < -0.3 is 9.64 Å². The van der Waals surface area contributed by atoms with Crippen LogP contribution in [-0.2, 0) is 10.2 Å². The number of para-hydroxylation sites is 2. The van der Waals surface area contributed by atoms with Crippen molar-refractivity contribution in [3.05, 3.63) is 59.7 Å². The van der Waals surface area contributed by atoms with Crippen molar-refractivity contribution in [2.24, 2.45) is 0 Å². The monoisotopic (exact) mass is 341 g/mol. The summed E-state index contributed by atoms with van der Waals surface area (Å²) >= 11 is 5.62. The number of esters is 1. The van der Waals surface area contributed by atoms with Crippen LogP contribution in [0.25, 0.3) is 0 Å². The molecule has 0 aliphatic heterocycles. The highest BCUT2D eigenvalue weighted by atomic mass is 32.1. The fourth-order valence-electron chi connectivity index (χ4n) is 2.39. The Hall–Kier alpha value is -2.20. The van der Waals surface area contributed by atoms with Crippen LogP contribution in [0.3, 0.4) is 0 Å². The van der Waals surface area contributed by atoms with Gasteiger partial charge in [-0.3, -0.25) is 4.79 Å². The third-order valence-corrected chi connectivity index (χ3v) is 4.29. The van der Waals surface area contributed by atoms with Crippen molar-refractivity contribution in [2.75, 3.05) is 11.9 Å². The first-order valence-electron chi connectivity index (χ1n) is 7.86. The van der Waals surface area contributed by atoms with Crippen LogP contribution in [0.2, 0.25) is 0 Å². The van der Waals surface area contributed by atoms with E-state index in [1.807, 2.05) is 42.3 Å². The van der Waals surface area contributed by atoms with Crippen LogP contribution in [0.15, 0.2) is 48.5 Å². The highest BCUT2D eigenvalue weighted by Crippen LogP contribution is 2.29. The maximum atomic E-state index is 11.3. The Labute approximate surface area is 149 Å². The zero-order valence-corrected chi connectivity index (χ0v) is 15.6. The molecule has 0 aromatic heterocycles. The molecule has 0 aliphatic rings. The first-order chi connectivity index (χ1) is 11.2. The molecular weight excluding hydrogens is 318 g/mol. The van der Waals surface area contributed by atoms with Gasteiger partial charge in [0.1, 0.15) is 4.99 Å². The van der Waals surface area contributed by atoms with E-state index in [1.54, 1.807) is 6.07 Å². The van der Waals surface area contributed by atoms with Gasteiger partial charge in [0.05, 0.1) is 5.69 Å². The Bertz CT molecular complexity index is 745. The smallest absolute Gasteiger partial charge is 0.308 e. The van der Waals surface area contributed by atoms with Gasteiger partial charge in [-0.1, -0.05) is 69.4 Å². The van der Waals surface area contributed by atoms with Crippen LogP contribution in [0.5, 0.6) is 5.75 Å². The molecule has 0 radical (unpaired) electrons. The number of rotatable bonds is 3. The first-order valence-corrected chi connectivity index (χ1v) is 8.27. The Morgan fingerprint density at radius 1 is 1.04 bits per heavy atom. The third-order valence-electron chi connectivity index (χ3n) is 3.78. The summed E-state index contributed by atoms with van der Waals surface area (Å²) in [5.74, 6) is 0.150. The Morgan fingerprint density at radius 2 is 1.62 bits per heavy atom. The number of carbonyl (C=O) groups is 1. The highest BCUT2D eigenvalue weighted by molar-refractivity contribution is 7.81. The molecule has 2 aromatic rings. The molecule has 0 spiro atoms. The first kappa shape index (κ1) is 18.1. The Balaban J connectivity index is 2.28. The van der Waals surface area contributed by atoms with E-state index < -0.39 is 0 Å². The molecule has 0 aliphatic carbocycles. The predicted octanol–water partition coefficient (Wildman–Crippen LogP) is 4.72. The molecule has 0 fully saturated rings. The van der Waals surface area contributed by atoms with E-state index in [4.69, 9.17) is 17.0 Å². The maximum Gasteiger partial charge on any atom is 0.308 e. The van der Waals surface area contributed by atoms with Gasteiger partial charge in [0.2, 0.25) is 0 Å². The average Bonchev–Trinajstić information content (AvgIpc) is 2.53. The second-order valence-electron chi connectivity index (χ2n) is 6.75. The summed E-state index contributed by atoms with van der Waals surface area (Å²) in [5, 5.41) is 0. The molecule has 3 nitrogen and oxygen atoms in total. The lowest BCUT2D eigenvalue weighted by Gasteiger charge is -2.24. The van der Waals surface area contributed by atoms with Gasteiger partial charge in [-0.05, 0) is 23.1 Å². The van der Waals surface area contributed by atoms with E-state index >= 15 is 0 Å². The van der Waals surface area contributed by atoms with Crippen molar-refractivity contribution < 1.29 is 9.53 Å². The molecule has 2 rings (SSSR count). The molecule has 0 amide bonds. The van der Waals surface area contributed by atoms with Crippen molar-refractivity contribution in [3.63, 3.8) is 0 Å². The molecule has 24 heavy (non-hydrogen) atoms. The van der Waals surface area contributed by atoms with Gasteiger partial charge >= 0.3 is 5.97 Å². The zero-order chi connectivity index (χ0) is 17.9. The summed E-state index contributed by atoms with van der Waals surface area (Å²) in [5.41, 5.74) is 3.08. The number of hydrogen-bond acceptors (Lipinski definition) is 3.